The first-order chi connectivity index (χ1) is 11.6. The minimum absolute atomic E-state index is 0.135. The number of hydrogen-bond donors (Lipinski definition) is 0. The molecule has 0 fully saturated rings. The van der Waals surface area contributed by atoms with Crippen LogP contribution in [0.5, 0.6) is 0 Å². The van der Waals surface area contributed by atoms with E-state index in [1.807, 2.05) is 0 Å². The summed E-state index contributed by atoms with van der Waals surface area (Å²) in [5, 5.41) is 4.45. The van der Waals surface area contributed by atoms with Gasteiger partial charge in [0.15, 0.2) is 5.82 Å². The summed E-state index contributed by atoms with van der Waals surface area (Å²) in [5.41, 5.74) is 0.135. The zero-order valence-electron chi connectivity index (χ0n) is 13.7. The number of alkyl halides is 3. The first kappa shape index (κ1) is 19.2. The maximum absolute atomic E-state index is 12.9. The zero-order valence-corrected chi connectivity index (χ0v) is 14.4. The lowest BCUT2D eigenvalue weighted by Gasteiger charge is -2.26. The first-order valence-corrected chi connectivity index (χ1v) is 7.67. The van der Waals surface area contributed by atoms with Crippen LogP contribution in [0.2, 0.25) is 5.02 Å². The molecular formula is C15H17ClF3N5O. The molecule has 2 rings (SSSR count). The summed E-state index contributed by atoms with van der Waals surface area (Å²) in [7, 11) is 3.31. The molecule has 1 aromatic carbocycles. The van der Waals surface area contributed by atoms with Gasteiger partial charge in [0.1, 0.15) is 12.9 Å². The molecule has 0 unspecified atom stereocenters. The second-order valence-electron chi connectivity index (χ2n) is 5.58. The zero-order chi connectivity index (χ0) is 18.6. The molecule has 0 bridgehead atoms. The summed E-state index contributed by atoms with van der Waals surface area (Å²) < 4.78 is 40.1. The standard InChI is InChI=1S/C15H17ClF3N5O/c1-22(7-13-20-10-23(2)21-13)8-14(25)24(9-15(17,18)19)12-5-3-11(16)4-6-12/h3-6,10H,7-9H2,1-2H3. The summed E-state index contributed by atoms with van der Waals surface area (Å²) in [4.78, 5) is 18.7. The monoisotopic (exact) mass is 375 g/mol. The van der Waals surface area contributed by atoms with Crippen LogP contribution in [0.25, 0.3) is 0 Å². The van der Waals surface area contributed by atoms with Gasteiger partial charge >= 0.3 is 6.18 Å². The summed E-state index contributed by atoms with van der Waals surface area (Å²) in [5.74, 6) is -0.204. The molecule has 10 heteroatoms. The van der Waals surface area contributed by atoms with Gasteiger partial charge in [0, 0.05) is 17.8 Å². The van der Waals surface area contributed by atoms with Crippen LogP contribution >= 0.6 is 11.6 Å². The fourth-order valence-corrected chi connectivity index (χ4v) is 2.32. The van der Waals surface area contributed by atoms with Gasteiger partial charge in [0.05, 0.1) is 13.1 Å². The van der Waals surface area contributed by atoms with Crippen molar-refractivity contribution in [3.05, 3.63) is 41.4 Å². The van der Waals surface area contributed by atoms with Gasteiger partial charge in [-0.1, -0.05) is 11.6 Å². The van der Waals surface area contributed by atoms with E-state index in [0.29, 0.717) is 15.7 Å². The van der Waals surface area contributed by atoms with Crippen molar-refractivity contribution in [1.29, 1.82) is 0 Å². The number of aromatic nitrogens is 3. The highest BCUT2D eigenvalue weighted by Crippen LogP contribution is 2.24. The second kappa shape index (κ2) is 7.83. The van der Waals surface area contributed by atoms with E-state index in [-0.39, 0.29) is 18.8 Å². The predicted molar refractivity (Wildman–Crippen MR) is 87.2 cm³/mol. The van der Waals surface area contributed by atoms with Crippen LogP contribution < -0.4 is 4.90 Å². The summed E-state index contributed by atoms with van der Waals surface area (Å²) in [6, 6.07) is 5.64. The third kappa shape index (κ3) is 6.02. The average molecular weight is 376 g/mol. The second-order valence-corrected chi connectivity index (χ2v) is 6.01. The van der Waals surface area contributed by atoms with Crippen molar-refractivity contribution in [1.82, 2.24) is 19.7 Å². The van der Waals surface area contributed by atoms with Crippen LogP contribution in [0.3, 0.4) is 0 Å². The Morgan fingerprint density at radius 2 is 1.92 bits per heavy atom. The molecule has 0 aliphatic rings. The van der Waals surface area contributed by atoms with Crippen molar-refractivity contribution >= 4 is 23.2 Å². The Balaban J connectivity index is 2.10. The molecule has 0 saturated heterocycles. The van der Waals surface area contributed by atoms with Crippen molar-refractivity contribution in [2.24, 2.45) is 7.05 Å². The fourth-order valence-electron chi connectivity index (χ4n) is 2.19. The SMILES string of the molecule is CN(CC(=O)N(CC(F)(F)F)c1ccc(Cl)cc1)Cc1ncn(C)n1. The average Bonchev–Trinajstić information content (AvgIpc) is 2.89. The highest BCUT2D eigenvalue weighted by Gasteiger charge is 2.34. The summed E-state index contributed by atoms with van der Waals surface area (Å²) >= 11 is 5.76. The van der Waals surface area contributed by atoms with Gasteiger partial charge in [0.2, 0.25) is 5.91 Å². The van der Waals surface area contributed by atoms with Gasteiger partial charge in [-0.05, 0) is 31.3 Å². The number of halogens is 4. The predicted octanol–water partition coefficient (Wildman–Crippen LogP) is 2.50. The molecule has 0 spiro atoms. The normalized spacial score (nSPS) is 11.8. The first-order valence-electron chi connectivity index (χ1n) is 7.30. The number of hydrogen-bond acceptors (Lipinski definition) is 4. The number of likely N-dealkylation sites (N-methyl/N-ethyl adjacent to an activating group) is 1. The Morgan fingerprint density at radius 3 is 2.44 bits per heavy atom. The van der Waals surface area contributed by atoms with E-state index in [1.54, 1.807) is 19.0 Å². The molecule has 6 nitrogen and oxygen atoms in total. The van der Waals surface area contributed by atoms with Gasteiger partial charge < -0.3 is 4.90 Å². The van der Waals surface area contributed by atoms with Crippen molar-refractivity contribution < 1.29 is 18.0 Å². The minimum atomic E-state index is -4.52. The molecule has 25 heavy (non-hydrogen) atoms. The Morgan fingerprint density at radius 1 is 1.28 bits per heavy atom. The van der Waals surface area contributed by atoms with Crippen LogP contribution in [0.4, 0.5) is 18.9 Å². The van der Waals surface area contributed by atoms with Crippen LogP contribution in [-0.4, -0.2) is 51.9 Å². The van der Waals surface area contributed by atoms with Crippen LogP contribution in [-0.2, 0) is 18.4 Å². The van der Waals surface area contributed by atoms with Gasteiger partial charge in [-0.3, -0.25) is 14.4 Å². The van der Waals surface area contributed by atoms with E-state index in [9.17, 15) is 18.0 Å². The highest BCUT2D eigenvalue weighted by molar-refractivity contribution is 6.30. The van der Waals surface area contributed by atoms with Crippen LogP contribution in [0, 0.1) is 0 Å². The molecule has 0 N–H and O–H groups in total. The smallest absolute Gasteiger partial charge is 0.302 e. The molecule has 0 aliphatic carbocycles. The Hall–Kier alpha value is -2.13. The quantitative estimate of drug-likeness (QED) is 0.778. The number of aryl methyl sites for hydroxylation is 1. The number of rotatable bonds is 6. The maximum Gasteiger partial charge on any atom is 0.406 e. The van der Waals surface area contributed by atoms with E-state index in [2.05, 4.69) is 10.1 Å². The Kier molecular flexibility index (Phi) is 6.02. The van der Waals surface area contributed by atoms with E-state index in [0.717, 1.165) is 0 Å². The maximum atomic E-state index is 12.9. The van der Waals surface area contributed by atoms with Crippen LogP contribution in [0.1, 0.15) is 5.82 Å². The molecular weight excluding hydrogens is 359 g/mol. The third-order valence-electron chi connectivity index (χ3n) is 3.24. The lowest BCUT2D eigenvalue weighted by Crippen LogP contribution is -2.43. The molecule has 1 heterocycles. The Bertz CT molecular complexity index is 717. The van der Waals surface area contributed by atoms with E-state index in [1.165, 1.54) is 35.3 Å². The van der Waals surface area contributed by atoms with Crippen molar-refractivity contribution in [3.8, 4) is 0 Å². The van der Waals surface area contributed by atoms with Crippen LogP contribution in [0.15, 0.2) is 30.6 Å². The van der Waals surface area contributed by atoms with Crippen molar-refractivity contribution in [2.75, 3.05) is 25.0 Å². The Labute approximate surface area is 147 Å². The molecule has 136 valence electrons. The fraction of sp³-hybridized carbons (Fsp3) is 0.400. The van der Waals surface area contributed by atoms with Gasteiger partial charge in [0.25, 0.3) is 0 Å². The van der Waals surface area contributed by atoms with E-state index in [4.69, 9.17) is 11.6 Å². The number of anilines is 1. The molecule has 1 aromatic heterocycles. The lowest BCUT2D eigenvalue weighted by atomic mass is 10.2. The molecule has 0 aliphatic heterocycles. The molecule has 0 atom stereocenters. The minimum Gasteiger partial charge on any atom is -0.302 e. The number of nitrogens with zero attached hydrogens (tertiary/aromatic N) is 5. The highest BCUT2D eigenvalue weighted by atomic mass is 35.5. The van der Waals surface area contributed by atoms with Crippen molar-refractivity contribution in [3.63, 3.8) is 0 Å². The topological polar surface area (TPSA) is 54.3 Å². The number of amides is 1. The lowest BCUT2D eigenvalue weighted by molar-refractivity contribution is -0.133. The number of carbonyl (C=O) groups excluding carboxylic acids is 1. The molecule has 2 aromatic rings. The molecule has 0 saturated carbocycles. The number of carbonyl (C=O) groups is 1. The molecule has 1 amide bonds. The van der Waals surface area contributed by atoms with E-state index < -0.39 is 18.6 Å². The van der Waals surface area contributed by atoms with Crippen molar-refractivity contribution in [2.45, 2.75) is 12.7 Å². The van der Waals surface area contributed by atoms with E-state index >= 15 is 0 Å². The van der Waals surface area contributed by atoms with Gasteiger partial charge in [-0.25, -0.2) is 4.98 Å². The summed E-state index contributed by atoms with van der Waals surface area (Å²) in [6.07, 6.45) is -3.01. The number of benzene rings is 1. The third-order valence-corrected chi connectivity index (χ3v) is 3.49. The molecule has 0 radical (unpaired) electrons. The van der Waals surface area contributed by atoms with Gasteiger partial charge in [-0.2, -0.15) is 18.3 Å². The largest absolute Gasteiger partial charge is 0.406 e. The van der Waals surface area contributed by atoms with Gasteiger partial charge in [-0.15, -0.1) is 0 Å². The summed E-state index contributed by atoms with van der Waals surface area (Å²) in [6.45, 7) is -1.34.